The minimum Gasteiger partial charge on any atom is -0.341 e. The fraction of sp³-hybridized carbons (Fsp3) is 0.545. The molecule has 1 aromatic carbocycles. The lowest BCUT2D eigenvalue weighted by Crippen LogP contribution is -2.28. The Balaban J connectivity index is 1.64. The van der Waals surface area contributed by atoms with Gasteiger partial charge in [0, 0.05) is 25.3 Å². The van der Waals surface area contributed by atoms with Crippen molar-refractivity contribution >= 4 is 17.7 Å². The van der Waals surface area contributed by atoms with Gasteiger partial charge in [0.1, 0.15) is 0 Å². The van der Waals surface area contributed by atoms with Crippen molar-refractivity contribution in [1.82, 2.24) is 14.5 Å². The van der Waals surface area contributed by atoms with Crippen molar-refractivity contribution in [2.24, 2.45) is 0 Å². The van der Waals surface area contributed by atoms with E-state index in [0.717, 1.165) is 10.9 Å². The van der Waals surface area contributed by atoms with Gasteiger partial charge in [0.15, 0.2) is 5.16 Å². The number of aromatic nitrogens is 2. The highest BCUT2D eigenvalue weighted by molar-refractivity contribution is 7.99. The molecule has 0 bridgehead atoms. The lowest BCUT2D eigenvalue weighted by Gasteiger charge is -2.20. The summed E-state index contributed by atoms with van der Waals surface area (Å²) < 4.78 is 2.38. The molecule has 5 heteroatoms. The maximum atomic E-state index is 12.7. The van der Waals surface area contributed by atoms with Crippen molar-refractivity contribution in [3.63, 3.8) is 0 Å². The zero-order valence-corrected chi connectivity index (χ0v) is 18.0. The first-order valence-corrected chi connectivity index (χ1v) is 10.8. The van der Waals surface area contributed by atoms with Crippen LogP contribution in [0.5, 0.6) is 0 Å². The van der Waals surface area contributed by atoms with Gasteiger partial charge in [-0.1, -0.05) is 48.4 Å². The Morgan fingerprint density at radius 3 is 2.59 bits per heavy atom. The minimum absolute atomic E-state index is 0.149. The van der Waals surface area contributed by atoms with Gasteiger partial charge in [0.05, 0.1) is 11.4 Å². The van der Waals surface area contributed by atoms with E-state index >= 15 is 0 Å². The van der Waals surface area contributed by atoms with Gasteiger partial charge in [0.2, 0.25) is 5.91 Å². The molecule has 146 valence electrons. The Morgan fingerprint density at radius 1 is 1.22 bits per heavy atom. The first-order valence-electron chi connectivity index (χ1n) is 9.85. The van der Waals surface area contributed by atoms with E-state index in [-0.39, 0.29) is 5.91 Å². The Bertz CT molecular complexity index is 821. The van der Waals surface area contributed by atoms with Gasteiger partial charge in [-0.25, -0.2) is 4.98 Å². The average molecular weight is 386 g/mol. The second-order valence-corrected chi connectivity index (χ2v) is 8.78. The van der Waals surface area contributed by atoms with Crippen LogP contribution in [0.3, 0.4) is 0 Å². The number of aryl methyl sites for hydroxylation is 3. The molecule has 3 rings (SSSR count). The van der Waals surface area contributed by atoms with E-state index in [1.165, 1.54) is 48.1 Å². The summed E-state index contributed by atoms with van der Waals surface area (Å²) in [6, 6.07) is 6.96. The molecule has 0 atom stereocenters. The maximum absolute atomic E-state index is 12.7. The summed E-state index contributed by atoms with van der Waals surface area (Å²) in [5.41, 5.74) is 6.04. The first-order chi connectivity index (χ1) is 12.9. The second kappa shape index (κ2) is 8.51. The quantitative estimate of drug-likeness (QED) is 0.658. The zero-order valence-electron chi connectivity index (χ0n) is 17.2. The fourth-order valence-electron chi connectivity index (χ4n) is 3.89. The number of carbonyl (C=O) groups is 1. The molecule has 27 heavy (non-hydrogen) atoms. The van der Waals surface area contributed by atoms with E-state index in [2.05, 4.69) is 50.5 Å². The number of imidazole rings is 1. The number of nitrogens with zero attached hydrogens (tertiary/aromatic N) is 3. The van der Waals surface area contributed by atoms with Crippen LogP contribution in [0.15, 0.2) is 23.4 Å². The summed E-state index contributed by atoms with van der Waals surface area (Å²) in [6.45, 7) is 9.08. The molecule has 2 aromatic rings. The number of thioether (sulfide) groups is 1. The topological polar surface area (TPSA) is 38.1 Å². The number of carbonyl (C=O) groups excluding carboxylic acids is 1. The molecule has 0 unspecified atom stereocenters. The number of hydrogen-bond donors (Lipinski definition) is 0. The molecule has 0 radical (unpaired) electrons. The Kier molecular flexibility index (Phi) is 6.30. The fourth-order valence-corrected chi connectivity index (χ4v) is 4.99. The van der Waals surface area contributed by atoms with Crippen LogP contribution in [0.1, 0.15) is 59.8 Å². The molecule has 0 spiro atoms. The van der Waals surface area contributed by atoms with Crippen LogP contribution in [-0.2, 0) is 11.3 Å². The van der Waals surface area contributed by atoms with Gasteiger partial charge >= 0.3 is 0 Å². The largest absolute Gasteiger partial charge is 0.341 e. The van der Waals surface area contributed by atoms with Crippen molar-refractivity contribution in [1.29, 1.82) is 0 Å². The number of rotatable bonds is 6. The zero-order chi connectivity index (χ0) is 19.6. The SMILES string of the molecule is Cc1ccc(CN(C)C(=O)CSc2nc(C)c(C)n2C2CCCC2)c(C)c1. The van der Waals surface area contributed by atoms with Gasteiger partial charge < -0.3 is 9.47 Å². The molecule has 4 nitrogen and oxygen atoms in total. The predicted octanol–water partition coefficient (Wildman–Crippen LogP) is 4.98. The molecule has 1 aliphatic carbocycles. The van der Waals surface area contributed by atoms with Crippen LogP contribution < -0.4 is 0 Å². The lowest BCUT2D eigenvalue weighted by atomic mass is 10.1. The number of amides is 1. The van der Waals surface area contributed by atoms with Crippen molar-refractivity contribution in [2.45, 2.75) is 71.1 Å². The van der Waals surface area contributed by atoms with Gasteiger partial charge in [-0.15, -0.1) is 0 Å². The van der Waals surface area contributed by atoms with Crippen LogP contribution >= 0.6 is 11.8 Å². The average Bonchev–Trinajstić information content (AvgIpc) is 3.24. The molecule has 0 saturated heterocycles. The second-order valence-electron chi connectivity index (χ2n) is 7.84. The standard InChI is InChI=1S/C22H31N3OS/c1-15-10-11-19(16(2)12-15)13-24(5)21(26)14-27-22-23-17(3)18(4)25(22)20-8-6-7-9-20/h10-12,20H,6-9,13-14H2,1-5H3. The highest BCUT2D eigenvalue weighted by Crippen LogP contribution is 2.35. The summed E-state index contributed by atoms with van der Waals surface area (Å²) in [4.78, 5) is 19.3. The third kappa shape index (κ3) is 4.57. The van der Waals surface area contributed by atoms with E-state index in [1.807, 2.05) is 11.9 Å². The Hall–Kier alpha value is -1.75. The summed E-state index contributed by atoms with van der Waals surface area (Å²) in [5, 5.41) is 1.00. The van der Waals surface area contributed by atoms with Gasteiger partial charge in [-0.3, -0.25) is 4.79 Å². The summed E-state index contributed by atoms with van der Waals surface area (Å²) in [7, 11) is 1.89. The smallest absolute Gasteiger partial charge is 0.233 e. The Labute approximate surface area is 167 Å². The molecule has 1 aromatic heterocycles. The monoisotopic (exact) mass is 385 g/mol. The van der Waals surface area contributed by atoms with E-state index in [0.29, 0.717) is 18.3 Å². The summed E-state index contributed by atoms with van der Waals surface area (Å²) >= 11 is 1.58. The van der Waals surface area contributed by atoms with E-state index in [9.17, 15) is 4.79 Å². The molecule has 1 heterocycles. The third-order valence-corrected chi connectivity index (χ3v) is 6.64. The van der Waals surface area contributed by atoms with E-state index in [1.54, 1.807) is 11.8 Å². The molecule has 1 aliphatic rings. The highest BCUT2D eigenvalue weighted by Gasteiger charge is 2.24. The Morgan fingerprint density at radius 2 is 1.93 bits per heavy atom. The van der Waals surface area contributed by atoms with Crippen molar-refractivity contribution in [2.75, 3.05) is 12.8 Å². The van der Waals surface area contributed by atoms with Crippen molar-refractivity contribution in [3.05, 3.63) is 46.3 Å². The molecule has 1 amide bonds. The maximum Gasteiger partial charge on any atom is 0.233 e. The number of hydrogen-bond acceptors (Lipinski definition) is 3. The predicted molar refractivity (Wildman–Crippen MR) is 112 cm³/mol. The van der Waals surface area contributed by atoms with Gasteiger partial charge in [0.25, 0.3) is 0 Å². The van der Waals surface area contributed by atoms with Crippen LogP contribution in [-0.4, -0.2) is 33.2 Å². The van der Waals surface area contributed by atoms with Gasteiger partial charge in [-0.2, -0.15) is 0 Å². The first kappa shape index (κ1) is 20.0. The normalized spacial score (nSPS) is 14.7. The summed E-state index contributed by atoms with van der Waals surface area (Å²) in [6.07, 6.45) is 5.04. The third-order valence-electron chi connectivity index (χ3n) is 5.70. The minimum atomic E-state index is 0.149. The van der Waals surface area contributed by atoms with Crippen LogP contribution in [0, 0.1) is 27.7 Å². The van der Waals surface area contributed by atoms with Crippen LogP contribution in [0.4, 0.5) is 0 Å². The molecule has 0 aliphatic heterocycles. The highest BCUT2D eigenvalue weighted by atomic mass is 32.2. The van der Waals surface area contributed by atoms with Crippen molar-refractivity contribution in [3.8, 4) is 0 Å². The van der Waals surface area contributed by atoms with Crippen LogP contribution in [0.25, 0.3) is 0 Å². The molecule has 1 fully saturated rings. The molecule has 1 saturated carbocycles. The molecule has 0 N–H and O–H groups in total. The lowest BCUT2D eigenvalue weighted by molar-refractivity contribution is -0.127. The summed E-state index contributed by atoms with van der Waals surface area (Å²) in [5.74, 6) is 0.584. The number of benzene rings is 1. The van der Waals surface area contributed by atoms with Gasteiger partial charge in [-0.05, 0) is 51.7 Å². The molecular formula is C22H31N3OS. The van der Waals surface area contributed by atoms with Crippen molar-refractivity contribution < 1.29 is 4.79 Å². The van der Waals surface area contributed by atoms with E-state index < -0.39 is 0 Å². The van der Waals surface area contributed by atoms with E-state index in [4.69, 9.17) is 4.98 Å². The van der Waals surface area contributed by atoms with Crippen LogP contribution in [0.2, 0.25) is 0 Å². The molecular weight excluding hydrogens is 354 g/mol.